The van der Waals surface area contributed by atoms with E-state index in [9.17, 15) is 9.59 Å². The van der Waals surface area contributed by atoms with Crippen LogP contribution in [0.5, 0.6) is 0 Å². The van der Waals surface area contributed by atoms with Gasteiger partial charge in [0, 0.05) is 18.0 Å². The maximum Gasteiger partial charge on any atom is 0.306 e. The Morgan fingerprint density at radius 3 is 2.75 bits per heavy atom. The van der Waals surface area contributed by atoms with Gasteiger partial charge in [0.15, 0.2) is 0 Å². The number of thioether (sulfide) groups is 1. The third-order valence-corrected chi connectivity index (χ3v) is 6.28. The number of amides is 1. The van der Waals surface area contributed by atoms with E-state index < -0.39 is 5.97 Å². The Bertz CT molecular complexity index is 520. The Morgan fingerprint density at radius 1 is 1.30 bits per heavy atom. The summed E-state index contributed by atoms with van der Waals surface area (Å²) in [6.45, 7) is 1.15. The number of carboxylic acid groups (broad SMARTS) is 1. The first-order valence-electron chi connectivity index (χ1n) is 6.86. The number of likely N-dealkylation sites (tertiary alicyclic amines) is 1. The number of hydrogen-bond donors (Lipinski definition) is 1. The monoisotopic (exact) mass is 311 g/mol. The molecule has 20 heavy (non-hydrogen) atoms. The molecular weight excluding hydrogens is 294 g/mol. The van der Waals surface area contributed by atoms with Crippen LogP contribution in [-0.2, 0) is 16.0 Å². The van der Waals surface area contributed by atoms with Gasteiger partial charge in [0.25, 0.3) is 0 Å². The van der Waals surface area contributed by atoms with E-state index >= 15 is 0 Å². The molecule has 3 rings (SSSR count). The Balaban J connectivity index is 1.68. The zero-order valence-electron chi connectivity index (χ0n) is 11.1. The zero-order chi connectivity index (χ0) is 14.1. The van der Waals surface area contributed by atoms with E-state index in [2.05, 4.69) is 11.4 Å². The van der Waals surface area contributed by atoms with Crippen molar-refractivity contribution in [2.24, 2.45) is 5.92 Å². The van der Waals surface area contributed by atoms with Crippen LogP contribution in [-0.4, -0.2) is 40.7 Å². The highest BCUT2D eigenvalue weighted by Crippen LogP contribution is 2.40. The third kappa shape index (κ3) is 2.59. The molecule has 1 aromatic heterocycles. The number of thiophene rings is 1. The summed E-state index contributed by atoms with van der Waals surface area (Å²) in [5.74, 6) is 0.146. The Morgan fingerprint density at radius 2 is 2.05 bits per heavy atom. The maximum absolute atomic E-state index is 12.7. The molecule has 1 unspecified atom stereocenters. The summed E-state index contributed by atoms with van der Waals surface area (Å²) in [6, 6.07) is 2.07. The van der Waals surface area contributed by atoms with Crippen LogP contribution < -0.4 is 0 Å². The molecule has 108 valence electrons. The predicted molar refractivity (Wildman–Crippen MR) is 80.2 cm³/mol. The topological polar surface area (TPSA) is 57.6 Å². The molecule has 2 aliphatic heterocycles. The summed E-state index contributed by atoms with van der Waals surface area (Å²) < 4.78 is 0. The highest BCUT2D eigenvalue weighted by atomic mass is 32.2. The molecule has 6 heteroatoms. The van der Waals surface area contributed by atoms with Crippen LogP contribution in [0.4, 0.5) is 0 Å². The van der Waals surface area contributed by atoms with Gasteiger partial charge in [-0.2, -0.15) is 0 Å². The molecule has 0 spiro atoms. The number of piperidine rings is 1. The van der Waals surface area contributed by atoms with Crippen molar-refractivity contribution in [3.05, 3.63) is 21.9 Å². The summed E-state index contributed by atoms with van der Waals surface area (Å²) in [4.78, 5) is 26.8. The van der Waals surface area contributed by atoms with Crippen molar-refractivity contribution >= 4 is 35.0 Å². The van der Waals surface area contributed by atoms with Crippen molar-refractivity contribution in [2.45, 2.75) is 24.5 Å². The number of aryl methyl sites for hydroxylation is 1. The van der Waals surface area contributed by atoms with Crippen molar-refractivity contribution < 1.29 is 14.7 Å². The first-order chi connectivity index (χ1) is 9.66. The van der Waals surface area contributed by atoms with E-state index in [1.165, 1.54) is 10.4 Å². The highest BCUT2D eigenvalue weighted by Gasteiger charge is 2.34. The second-order valence-corrected chi connectivity index (χ2v) is 7.45. The summed E-state index contributed by atoms with van der Waals surface area (Å²) in [5.41, 5.74) is 1.18. The van der Waals surface area contributed by atoms with Gasteiger partial charge >= 0.3 is 5.97 Å². The fraction of sp³-hybridized carbons (Fsp3) is 0.571. The predicted octanol–water partition coefficient (Wildman–Crippen LogP) is 2.40. The number of carbonyl (C=O) groups is 2. The smallest absolute Gasteiger partial charge is 0.306 e. The fourth-order valence-corrected chi connectivity index (χ4v) is 5.24. The van der Waals surface area contributed by atoms with Crippen LogP contribution in [0.1, 0.15) is 28.5 Å². The van der Waals surface area contributed by atoms with Gasteiger partial charge in [-0.1, -0.05) is 0 Å². The number of rotatable bonds is 2. The van der Waals surface area contributed by atoms with Crippen LogP contribution in [0.15, 0.2) is 11.4 Å². The maximum atomic E-state index is 12.7. The highest BCUT2D eigenvalue weighted by molar-refractivity contribution is 8.00. The summed E-state index contributed by atoms with van der Waals surface area (Å²) in [7, 11) is 0. The van der Waals surface area contributed by atoms with Gasteiger partial charge in [-0.25, -0.2) is 0 Å². The molecule has 1 atom stereocenters. The summed E-state index contributed by atoms with van der Waals surface area (Å²) in [6.07, 6.45) is 2.21. The summed E-state index contributed by atoms with van der Waals surface area (Å²) >= 11 is 3.45. The van der Waals surface area contributed by atoms with Gasteiger partial charge in [0.1, 0.15) is 5.25 Å². The van der Waals surface area contributed by atoms with Crippen molar-refractivity contribution in [1.29, 1.82) is 0 Å². The molecular formula is C14H17NO3S2. The second-order valence-electron chi connectivity index (χ2n) is 5.24. The Labute approximate surface area is 126 Å². The summed E-state index contributed by atoms with van der Waals surface area (Å²) in [5, 5.41) is 11.0. The van der Waals surface area contributed by atoms with Gasteiger partial charge in [-0.3, -0.25) is 9.59 Å². The molecule has 0 bridgehead atoms. The Hall–Kier alpha value is -1.01. The molecule has 1 saturated heterocycles. The minimum Gasteiger partial charge on any atom is -0.481 e. The lowest BCUT2D eigenvalue weighted by Crippen LogP contribution is -2.42. The molecule has 1 amide bonds. The molecule has 2 aliphatic rings. The second kappa shape index (κ2) is 5.77. The van der Waals surface area contributed by atoms with Crippen LogP contribution >= 0.6 is 23.1 Å². The SMILES string of the molecule is O=C(O)C1CCN(C(=O)C2SCCc3sccc32)CC1. The molecule has 4 nitrogen and oxygen atoms in total. The fourth-order valence-electron chi connectivity index (χ4n) is 2.86. The average molecular weight is 311 g/mol. The normalized spacial score (nSPS) is 23.4. The van der Waals surface area contributed by atoms with E-state index in [-0.39, 0.29) is 17.1 Å². The first kappa shape index (κ1) is 13.9. The lowest BCUT2D eigenvalue weighted by Gasteiger charge is -2.33. The number of carboxylic acids is 1. The number of aliphatic carboxylic acids is 1. The van der Waals surface area contributed by atoms with Crippen molar-refractivity contribution in [3.8, 4) is 0 Å². The molecule has 1 aromatic rings. The minimum absolute atomic E-state index is 0.0774. The van der Waals surface area contributed by atoms with Crippen molar-refractivity contribution in [3.63, 3.8) is 0 Å². The van der Waals surface area contributed by atoms with E-state index in [0.717, 1.165) is 12.2 Å². The van der Waals surface area contributed by atoms with Crippen LogP contribution in [0, 0.1) is 5.92 Å². The molecule has 0 aliphatic carbocycles. The average Bonchev–Trinajstić information content (AvgIpc) is 2.95. The van der Waals surface area contributed by atoms with Crippen LogP contribution in [0.3, 0.4) is 0 Å². The number of carbonyl (C=O) groups excluding carboxylic acids is 1. The van der Waals surface area contributed by atoms with Crippen LogP contribution in [0.25, 0.3) is 0 Å². The molecule has 1 fully saturated rings. The quantitative estimate of drug-likeness (QED) is 0.911. The Kier molecular flexibility index (Phi) is 4.03. The molecule has 1 N–H and O–H groups in total. The number of fused-ring (bicyclic) bond motifs is 1. The van der Waals surface area contributed by atoms with Gasteiger partial charge in [0.2, 0.25) is 5.91 Å². The zero-order valence-corrected chi connectivity index (χ0v) is 12.7. The number of hydrogen-bond acceptors (Lipinski definition) is 4. The van der Waals surface area contributed by atoms with Crippen LogP contribution in [0.2, 0.25) is 0 Å². The largest absolute Gasteiger partial charge is 0.481 e. The van der Waals surface area contributed by atoms with Gasteiger partial charge in [-0.15, -0.1) is 23.1 Å². The van der Waals surface area contributed by atoms with E-state index in [0.29, 0.717) is 25.9 Å². The van der Waals surface area contributed by atoms with E-state index in [4.69, 9.17) is 5.11 Å². The van der Waals surface area contributed by atoms with E-state index in [1.54, 1.807) is 23.1 Å². The minimum atomic E-state index is -0.732. The lowest BCUT2D eigenvalue weighted by atomic mass is 9.96. The molecule has 3 heterocycles. The lowest BCUT2D eigenvalue weighted by molar-refractivity contribution is -0.145. The molecule has 0 aromatic carbocycles. The standard InChI is InChI=1S/C14H17NO3S2/c16-13(15-5-1-9(2-6-15)14(17)18)12-10-3-7-19-11(10)4-8-20-12/h3,7,9,12H,1-2,4-6,8H2,(H,17,18). The third-order valence-electron chi connectivity index (χ3n) is 4.06. The van der Waals surface area contributed by atoms with Crippen molar-refractivity contribution in [2.75, 3.05) is 18.8 Å². The van der Waals surface area contributed by atoms with Gasteiger partial charge < -0.3 is 10.0 Å². The van der Waals surface area contributed by atoms with Gasteiger partial charge in [0.05, 0.1) is 5.92 Å². The number of nitrogens with zero attached hydrogens (tertiary/aromatic N) is 1. The molecule has 0 saturated carbocycles. The first-order valence-corrected chi connectivity index (χ1v) is 8.79. The molecule has 0 radical (unpaired) electrons. The van der Waals surface area contributed by atoms with Gasteiger partial charge in [-0.05, 0) is 42.0 Å². The van der Waals surface area contributed by atoms with E-state index in [1.807, 2.05) is 4.90 Å². The van der Waals surface area contributed by atoms with Crippen molar-refractivity contribution in [1.82, 2.24) is 4.90 Å².